The van der Waals surface area contributed by atoms with Gasteiger partial charge in [0.1, 0.15) is 0 Å². The maximum Gasteiger partial charge on any atom is 0.162 e. The van der Waals surface area contributed by atoms with Gasteiger partial charge < -0.3 is 14.2 Å². The van der Waals surface area contributed by atoms with Crippen LogP contribution in [0.4, 0.5) is 0 Å². The zero-order valence-corrected chi connectivity index (χ0v) is 27.2. The van der Waals surface area contributed by atoms with Gasteiger partial charge in [0.25, 0.3) is 0 Å². The van der Waals surface area contributed by atoms with E-state index in [9.17, 15) is 9.59 Å². The highest BCUT2D eigenvalue weighted by atomic mass is 35.5. The number of para-hydroxylation sites is 1. The third kappa shape index (κ3) is 5.61. The molecule has 1 aliphatic heterocycles. The summed E-state index contributed by atoms with van der Waals surface area (Å²) in [6.45, 7) is 10.6. The lowest BCUT2D eigenvalue weighted by molar-refractivity contribution is -0.119. The number of hydrogen-bond acceptors (Lipinski definition) is 4. The molecule has 0 atom stereocenters. The maximum atomic E-state index is 14.2. The summed E-state index contributed by atoms with van der Waals surface area (Å²) in [6.07, 6.45) is 5.49. The van der Waals surface area contributed by atoms with Gasteiger partial charge >= 0.3 is 0 Å². The number of aromatic nitrogens is 1. The van der Waals surface area contributed by atoms with Crippen LogP contribution < -0.4 is 0 Å². The van der Waals surface area contributed by atoms with E-state index in [1.54, 1.807) is 13.2 Å². The van der Waals surface area contributed by atoms with Crippen molar-refractivity contribution >= 4 is 45.7 Å². The summed E-state index contributed by atoms with van der Waals surface area (Å²) in [7, 11) is 1.72. The van der Waals surface area contributed by atoms with Crippen molar-refractivity contribution in [3.05, 3.63) is 92.4 Å². The monoisotopic (exact) mass is 618 g/mol. The Bertz CT molecular complexity index is 1640. The van der Waals surface area contributed by atoms with Crippen LogP contribution in [0.3, 0.4) is 0 Å². The Morgan fingerprint density at radius 1 is 0.884 bits per heavy atom. The van der Waals surface area contributed by atoms with E-state index >= 15 is 0 Å². The van der Waals surface area contributed by atoms with E-state index in [4.69, 9.17) is 27.9 Å². The van der Waals surface area contributed by atoms with E-state index in [0.29, 0.717) is 36.0 Å². The van der Waals surface area contributed by atoms with Gasteiger partial charge in [0.15, 0.2) is 11.6 Å². The van der Waals surface area contributed by atoms with Gasteiger partial charge in [-0.2, -0.15) is 0 Å². The topological polar surface area (TPSA) is 51.5 Å². The molecule has 0 saturated carbocycles. The molecule has 2 aliphatic carbocycles. The molecule has 0 N–H and O–H groups in total. The number of rotatable bonds is 7. The maximum absolute atomic E-state index is 14.2. The van der Waals surface area contributed by atoms with Gasteiger partial charge in [0.2, 0.25) is 0 Å². The summed E-state index contributed by atoms with van der Waals surface area (Å²) in [4.78, 5) is 30.8. The second-order valence-corrected chi connectivity index (χ2v) is 14.8. The average molecular weight is 620 g/mol. The van der Waals surface area contributed by atoms with Crippen molar-refractivity contribution in [3.63, 3.8) is 0 Å². The zero-order valence-electron chi connectivity index (χ0n) is 25.7. The number of nitrogens with zero attached hydrogens (tertiary/aromatic N) is 2. The Morgan fingerprint density at radius 3 is 2.12 bits per heavy atom. The highest BCUT2D eigenvalue weighted by Crippen LogP contribution is 2.55. The fourth-order valence-corrected chi connectivity index (χ4v) is 7.93. The summed E-state index contributed by atoms with van der Waals surface area (Å²) in [6, 6.07) is 13.9. The predicted octanol–water partition coefficient (Wildman–Crippen LogP) is 8.72. The van der Waals surface area contributed by atoms with Crippen molar-refractivity contribution in [2.45, 2.75) is 72.3 Å². The third-order valence-corrected chi connectivity index (χ3v) is 9.83. The van der Waals surface area contributed by atoms with Crippen molar-refractivity contribution in [3.8, 4) is 0 Å². The minimum atomic E-state index is -0.400. The molecule has 2 aromatic carbocycles. The molecule has 43 heavy (non-hydrogen) atoms. The number of ketones is 2. The lowest BCUT2D eigenvalue weighted by atomic mass is 9.63. The molecule has 0 fully saturated rings. The Hall–Kier alpha value is -2.86. The lowest BCUT2D eigenvalue weighted by Crippen LogP contribution is -2.44. The van der Waals surface area contributed by atoms with Gasteiger partial charge in [-0.05, 0) is 59.4 Å². The predicted molar refractivity (Wildman–Crippen MR) is 174 cm³/mol. The van der Waals surface area contributed by atoms with Gasteiger partial charge in [-0.1, -0.05) is 75.2 Å². The Kier molecular flexibility index (Phi) is 7.90. The first kappa shape index (κ1) is 30.2. The van der Waals surface area contributed by atoms with Crippen LogP contribution in [0.25, 0.3) is 10.9 Å². The minimum Gasteiger partial charge on any atom is -0.385 e. The van der Waals surface area contributed by atoms with Crippen molar-refractivity contribution in [1.29, 1.82) is 0 Å². The number of fused-ring (bicyclic) bond motifs is 1. The fraction of sp³-hybridized carbons (Fsp3) is 0.444. The number of carbonyl (C=O) groups is 2. The Morgan fingerprint density at radius 2 is 1.51 bits per heavy atom. The first-order valence-corrected chi connectivity index (χ1v) is 16.0. The number of Topliss-reactive ketones (excluding diaryl/α,β-unsaturated/α-hetero) is 2. The largest absolute Gasteiger partial charge is 0.385 e. The summed E-state index contributed by atoms with van der Waals surface area (Å²) >= 11 is 12.8. The Labute approximate surface area is 264 Å². The number of hydrogen-bond donors (Lipinski definition) is 0. The standard InChI is InChI=1S/C36H40Cl2N2O3/c1-35(2)16-28-33(30(41)18-35)32(34-29(40(28)13-8-14-43-5)17-36(3,4)19-31(34)42)25-21-39(27-10-7-6-9-24(25)27)20-22-11-12-23(37)15-26(22)38/h6-7,9-12,15,21,32H,8,13-14,16-20H2,1-5H3. The number of ether oxygens (including phenoxy) is 1. The van der Waals surface area contributed by atoms with E-state index in [2.05, 4.69) is 55.5 Å². The normalized spacial score (nSPS) is 20.2. The highest BCUT2D eigenvalue weighted by molar-refractivity contribution is 6.35. The van der Waals surface area contributed by atoms with E-state index in [1.165, 1.54) is 0 Å². The molecular weight excluding hydrogens is 579 g/mol. The van der Waals surface area contributed by atoms with Crippen LogP contribution in [-0.4, -0.2) is 41.3 Å². The second-order valence-electron chi connectivity index (χ2n) is 14.0. The summed E-state index contributed by atoms with van der Waals surface area (Å²) in [5.41, 5.74) is 6.47. The molecule has 3 aromatic rings. The van der Waals surface area contributed by atoms with Crippen molar-refractivity contribution in [1.82, 2.24) is 9.47 Å². The first-order valence-electron chi connectivity index (χ1n) is 15.2. The first-order chi connectivity index (χ1) is 20.4. The highest BCUT2D eigenvalue weighted by Gasteiger charge is 2.49. The third-order valence-electron chi connectivity index (χ3n) is 9.24. The average Bonchev–Trinajstić information content (AvgIpc) is 3.27. The van der Waals surface area contributed by atoms with Crippen LogP contribution in [0.15, 0.2) is 71.2 Å². The number of methoxy groups -OCH3 is 1. The van der Waals surface area contributed by atoms with Gasteiger partial charge in [0.05, 0.1) is 0 Å². The molecule has 0 spiro atoms. The molecule has 3 aliphatic rings. The number of allylic oxidation sites excluding steroid dienone is 4. The zero-order chi connectivity index (χ0) is 30.7. The van der Waals surface area contributed by atoms with E-state index < -0.39 is 5.92 Å². The van der Waals surface area contributed by atoms with E-state index in [1.807, 2.05) is 24.3 Å². The molecule has 1 aromatic heterocycles. The minimum absolute atomic E-state index is 0.148. The fourth-order valence-electron chi connectivity index (χ4n) is 7.47. The second kappa shape index (κ2) is 11.3. The number of benzene rings is 2. The van der Waals surface area contributed by atoms with Crippen molar-refractivity contribution < 1.29 is 14.3 Å². The quantitative estimate of drug-likeness (QED) is 0.248. The van der Waals surface area contributed by atoms with Crippen molar-refractivity contribution in [2.24, 2.45) is 10.8 Å². The molecule has 0 bridgehead atoms. The van der Waals surface area contributed by atoms with E-state index in [-0.39, 0.29) is 22.4 Å². The van der Waals surface area contributed by atoms with Crippen molar-refractivity contribution in [2.75, 3.05) is 20.3 Å². The van der Waals surface area contributed by atoms with Gasteiger partial charge in [-0.15, -0.1) is 0 Å². The van der Waals surface area contributed by atoms with Gasteiger partial charge in [0, 0.05) is 95.3 Å². The molecule has 0 unspecified atom stereocenters. The molecule has 7 heteroatoms. The number of carbonyl (C=O) groups excluding carboxylic acids is 2. The lowest BCUT2D eigenvalue weighted by Gasteiger charge is -2.49. The molecule has 5 nitrogen and oxygen atoms in total. The summed E-state index contributed by atoms with van der Waals surface area (Å²) in [5.74, 6) is -0.104. The van der Waals surface area contributed by atoms with Gasteiger partial charge in [-0.3, -0.25) is 9.59 Å². The molecule has 6 rings (SSSR count). The molecular formula is C36H40Cl2N2O3. The van der Waals surface area contributed by atoms with Crippen LogP contribution in [0.1, 0.15) is 76.8 Å². The summed E-state index contributed by atoms with van der Waals surface area (Å²) in [5, 5.41) is 2.26. The van der Waals surface area contributed by atoms with Crippen LogP contribution in [0.5, 0.6) is 0 Å². The molecule has 0 amide bonds. The van der Waals surface area contributed by atoms with Gasteiger partial charge in [-0.25, -0.2) is 0 Å². The molecule has 226 valence electrons. The molecule has 2 heterocycles. The Balaban J connectivity index is 1.58. The molecule has 0 radical (unpaired) electrons. The smallest absolute Gasteiger partial charge is 0.162 e. The van der Waals surface area contributed by atoms with E-state index in [0.717, 1.165) is 70.4 Å². The summed E-state index contributed by atoms with van der Waals surface area (Å²) < 4.78 is 7.62. The van der Waals surface area contributed by atoms with Crippen LogP contribution >= 0.6 is 23.2 Å². The SMILES string of the molecule is COCCCN1C2=C(C(=O)CC(C)(C)C2)C(c2cn(Cc3ccc(Cl)cc3Cl)c3ccccc23)C2=C1CC(C)(C)CC2=O. The van der Waals surface area contributed by atoms with Crippen LogP contribution in [0, 0.1) is 10.8 Å². The van der Waals surface area contributed by atoms with Crippen LogP contribution in [-0.2, 0) is 20.9 Å². The molecule has 0 saturated heterocycles. The van der Waals surface area contributed by atoms with Crippen LogP contribution in [0.2, 0.25) is 10.0 Å². The number of halogens is 2.